The van der Waals surface area contributed by atoms with Crippen molar-refractivity contribution in [2.45, 2.75) is 38.0 Å². The number of nitrogens with zero attached hydrogens (tertiary/aromatic N) is 2. The van der Waals surface area contributed by atoms with Crippen molar-refractivity contribution in [2.75, 3.05) is 18.4 Å². The Morgan fingerprint density at radius 3 is 2.64 bits per heavy atom. The Balaban J connectivity index is 1.15. The fourth-order valence-corrected chi connectivity index (χ4v) is 3.71. The summed E-state index contributed by atoms with van der Waals surface area (Å²) >= 11 is 0. The van der Waals surface area contributed by atoms with Gasteiger partial charge in [-0.1, -0.05) is 30.3 Å². The fourth-order valence-electron chi connectivity index (χ4n) is 3.71. The number of amides is 1. The van der Waals surface area contributed by atoms with Gasteiger partial charge in [-0.05, 0) is 36.6 Å². The van der Waals surface area contributed by atoms with Crippen molar-refractivity contribution >= 4 is 28.4 Å². The predicted octanol–water partition coefficient (Wildman–Crippen LogP) is 3.66. The van der Waals surface area contributed by atoms with E-state index in [1.165, 1.54) is 12.1 Å². The van der Waals surface area contributed by atoms with E-state index in [1.54, 1.807) is 12.1 Å². The van der Waals surface area contributed by atoms with Crippen molar-refractivity contribution in [3.05, 3.63) is 70.0 Å². The highest BCUT2D eigenvalue weighted by Gasteiger charge is 2.31. The topological polar surface area (TPSA) is 120 Å². The van der Waals surface area contributed by atoms with E-state index in [0.717, 1.165) is 30.4 Å². The van der Waals surface area contributed by atoms with Crippen LogP contribution in [0.25, 0.3) is 10.8 Å². The number of aromatic amines is 1. The van der Waals surface area contributed by atoms with Gasteiger partial charge in [0.25, 0.3) is 5.56 Å². The van der Waals surface area contributed by atoms with E-state index < -0.39 is 17.9 Å². The number of H-pyrrole nitrogens is 1. The number of carbonyl (C=O) groups is 1. The fraction of sp³-hybridized carbons (Fsp3) is 0.333. The second kappa shape index (κ2) is 11.2. The van der Waals surface area contributed by atoms with Crippen molar-refractivity contribution in [1.29, 1.82) is 0 Å². The predicted molar refractivity (Wildman–Crippen MR) is 128 cm³/mol. The first-order chi connectivity index (χ1) is 17.3. The largest absolute Gasteiger partial charge is 0.416 e. The monoisotopic (exact) mass is 502 g/mol. The van der Waals surface area contributed by atoms with Gasteiger partial charge >= 0.3 is 6.18 Å². The highest BCUT2D eigenvalue weighted by Crippen LogP contribution is 2.31. The van der Waals surface area contributed by atoms with Crippen molar-refractivity contribution in [3.8, 4) is 0 Å². The number of hydrogen-bond acceptors (Lipinski definition) is 7. The number of carbonyl (C=O) groups excluding carboxylic acids is 1. The Bertz CT molecular complexity index is 1310. The highest BCUT2D eigenvalue weighted by molar-refractivity contribution is 5.90. The number of rotatable bonds is 10. The summed E-state index contributed by atoms with van der Waals surface area (Å²) in [5.74, 6) is 0.686. The van der Waals surface area contributed by atoms with E-state index in [1.807, 2.05) is 12.1 Å². The van der Waals surface area contributed by atoms with Crippen LogP contribution in [0.15, 0.2) is 58.3 Å². The molecule has 4 rings (SSSR count). The van der Waals surface area contributed by atoms with Gasteiger partial charge in [0.15, 0.2) is 12.0 Å². The number of aliphatic imine (C=N–C) groups is 1. The smallest absolute Gasteiger partial charge is 0.391 e. The Labute approximate surface area is 204 Å². The number of fused-ring (bicyclic) bond motifs is 1. The molecule has 4 N–H and O–H groups in total. The number of benzene rings is 2. The molecule has 2 heterocycles. The molecule has 1 amide bonds. The van der Waals surface area contributed by atoms with Crippen molar-refractivity contribution < 1.29 is 22.8 Å². The van der Waals surface area contributed by atoms with Crippen molar-refractivity contribution in [1.82, 2.24) is 21.0 Å². The summed E-state index contributed by atoms with van der Waals surface area (Å²) in [4.78, 5) is 33.4. The second-order valence-electron chi connectivity index (χ2n) is 8.20. The average Bonchev–Trinajstić information content (AvgIpc) is 3.35. The zero-order chi connectivity index (χ0) is 25.5. The number of nitrogens with one attached hydrogen (secondary N) is 4. The molecule has 0 spiro atoms. The Hall–Kier alpha value is -3.93. The maximum absolute atomic E-state index is 12.9. The van der Waals surface area contributed by atoms with Crippen LogP contribution in [0.3, 0.4) is 0 Å². The molecule has 0 fully saturated rings. The molecule has 3 aromatic rings. The summed E-state index contributed by atoms with van der Waals surface area (Å²) in [6.45, 7) is 1.10. The van der Waals surface area contributed by atoms with Crippen molar-refractivity contribution in [2.24, 2.45) is 4.99 Å². The van der Waals surface area contributed by atoms with Gasteiger partial charge < -0.3 is 15.5 Å². The molecule has 36 heavy (non-hydrogen) atoms. The van der Waals surface area contributed by atoms with Gasteiger partial charge in [0.2, 0.25) is 11.8 Å². The van der Waals surface area contributed by atoms with Crippen LogP contribution in [0.2, 0.25) is 0 Å². The van der Waals surface area contributed by atoms with Gasteiger partial charge in [-0.2, -0.15) is 18.3 Å². The van der Waals surface area contributed by atoms with Gasteiger partial charge in [0.05, 0.1) is 10.9 Å². The van der Waals surface area contributed by atoms with Crippen LogP contribution in [-0.2, 0) is 15.8 Å². The molecule has 0 radical (unpaired) electrons. The SMILES string of the molecule is O=C(CCC1=NC(c2cccc(C(F)(F)F)c2)NO1)NCCCCNc1n[nH]c(=O)c2ccccc12. The van der Waals surface area contributed by atoms with E-state index in [-0.39, 0.29) is 30.2 Å². The maximum Gasteiger partial charge on any atom is 0.416 e. The number of anilines is 1. The minimum atomic E-state index is -4.44. The number of alkyl halides is 3. The number of halogens is 3. The number of hydrogen-bond donors (Lipinski definition) is 4. The molecule has 1 atom stereocenters. The quantitative estimate of drug-likeness (QED) is 0.314. The van der Waals surface area contributed by atoms with E-state index in [9.17, 15) is 22.8 Å². The van der Waals surface area contributed by atoms with Crippen LogP contribution in [0, 0.1) is 0 Å². The molecule has 1 aromatic heterocycles. The summed E-state index contributed by atoms with van der Waals surface area (Å²) < 4.78 is 38.7. The number of aromatic nitrogens is 2. The molecule has 1 unspecified atom stereocenters. The van der Waals surface area contributed by atoms with Crippen LogP contribution in [0.5, 0.6) is 0 Å². The zero-order valence-corrected chi connectivity index (χ0v) is 19.2. The third-order valence-corrected chi connectivity index (χ3v) is 5.57. The van der Waals surface area contributed by atoms with Crippen molar-refractivity contribution in [3.63, 3.8) is 0 Å². The molecule has 0 saturated heterocycles. The molecular weight excluding hydrogens is 477 g/mol. The summed E-state index contributed by atoms with van der Waals surface area (Å²) in [6.07, 6.45) is -3.33. The number of unbranched alkanes of at least 4 members (excludes halogenated alkanes) is 1. The number of hydroxylamine groups is 1. The molecular formula is C24H25F3N6O3. The zero-order valence-electron chi connectivity index (χ0n) is 19.2. The third kappa shape index (κ3) is 6.39. The molecule has 1 aliphatic heterocycles. The van der Waals surface area contributed by atoms with E-state index in [4.69, 9.17) is 4.84 Å². The van der Waals surface area contributed by atoms with E-state index in [0.29, 0.717) is 29.9 Å². The van der Waals surface area contributed by atoms with Gasteiger partial charge in [-0.15, -0.1) is 5.48 Å². The first-order valence-electron chi connectivity index (χ1n) is 11.5. The Morgan fingerprint density at radius 2 is 1.83 bits per heavy atom. The van der Waals surface area contributed by atoms with Crippen LogP contribution in [0.1, 0.15) is 43.0 Å². The van der Waals surface area contributed by atoms with Gasteiger partial charge in [0.1, 0.15) is 0 Å². The van der Waals surface area contributed by atoms with Crippen LogP contribution >= 0.6 is 0 Å². The minimum Gasteiger partial charge on any atom is -0.391 e. The molecule has 1 aliphatic rings. The standard InChI is InChI=1S/C24H25F3N6O3/c25-24(26,27)16-7-5-6-15(14-16)21-30-20(36-33-21)11-10-19(34)28-12-3-4-13-29-22-17-8-1-2-9-18(17)23(35)32-31-22/h1-2,5-9,14,21,33H,3-4,10-13H2,(H,28,34)(H,29,31)(H,32,35). The highest BCUT2D eigenvalue weighted by atomic mass is 19.4. The summed E-state index contributed by atoms with van der Waals surface area (Å²) in [5, 5.41) is 13.9. The Morgan fingerprint density at radius 1 is 1.06 bits per heavy atom. The van der Waals surface area contributed by atoms with E-state index >= 15 is 0 Å². The first-order valence-corrected chi connectivity index (χ1v) is 11.5. The Kier molecular flexibility index (Phi) is 7.84. The molecule has 0 aliphatic carbocycles. The van der Waals surface area contributed by atoms with Gasteiger partial charge in [0, 0.05) is 31.3 Å². The minimum absolute atomic E-state index is 0.140. The second-order valence-corrected chi connectivity index (χ2v) is 8.20. The van der Waals surface area contributed by atoms with Gasteiger partial charge in [-0.3, -0.25) is 9.59 Å². The van der Waals surface area contributed by atoms with Crippen LogP contribution < -0.4 is 21.7 Å². The van der Waals surface area contributed by atoms with Crippen LogP contribution in [-0.4, -0.2) is 35.1 Å². The lowest BCUT2D eigenvalue weighted by Gasteiger charge is -2.10. The first kappa shape index (κ1) is 25.2. The van der Waals surface area contributed by atoms with Gasteiger partial charge in [-0.25, -0.2) is 10.1 Å². The summed E-state index contributed by atoms with van der Waals surface area (Å²) in [5.41, 5.74) is 1.91. The average molecular weight is 502 g/mol. The molecule has 190 valence electrons. The molecule has 2 aromatic carbocycles. The molecule has 12 heteroatoms. The lowest BCUT2D eigenvalue weighted by atomic mass is 10.1. The lowest BCUT2D eigenvalue weighted by molar-refractivity contribution is -0.137. The molecule has 0 bridgehead atoms. The lowest BCUT2D eigenvalue weighted by Crippen LogP contribution is -2.25. The summed E-state index contributed by atoms with van der Waals surface area (Å²) in [6, 6.07) is 12.1. The normalized spacial score (nSPS) is 15.4. The maximum atomic E-state index is 12.9. The van der Waals surface area contributed by atoms with E-state index in [2.05, 4.69) is 31.3 Å². The van der Waals surface area contributed by atoms with Crippen LogP contribution in [0.4, 0.5) is 19.0 Å². The molecule has 9 nitrogen and oxygen atoms in total. The third-order valence-electron chi connectivity index (χ3n) is 5.57. The summed E-state index contributed by atoms with van der Waals surface area (Å²) in [7, 11) is 0. The molecule has 0 saturated carbocycles.